The number of nitrogens with one attached hydrogen (secondary N) is 1. The molecule has 1 aromatic carbocycles. The Kier molecular flexibility index (Phi) is 4.94. The number of carboxylic acid groups (broad SMARTS) is 1. The van der Waals surface area contributed by atoms with Crippen molar-refractivity contribution in [1.29, 1.82) is 0 Å². The number of carbonyl (C=O) groups is 2. The van der Waals surface area contributed by atoms with Crippen LogP contribution >= 0.6 is 11.6 Å². The second kappa shape index (κ2) is 7.32. The summed E-state index contributed by atoms with van der Waals surface area (Å²) in [6.07, 6.45) is 1.26. The molecular weight excluding hydrogens is 362 g/mol. The molecule has 2 aromatic heterocycles. The number of aryl methyl sites for hydroxylation is 1. The molecular formula is C17H14ClN3O5. The number of hydrogen-bond acceptors (Lipinski definition) is 5. The summed E-state index contributed by atoms with van der Waals surface area (Å²) in [6, 6.07) is 10.1. The zero-order chi connectivity index (χ0) is 18.7. The van der Waals surface area contributed by atoms with E-state index in [0.717, 1.165) is 4.68 Å². The van der Waals surface area contributed by atoms with Crippen molar-refractivity contribution in [3.05, 3.63) is 64.8 Å². The standard InChI is InChI=1S/C17H14ClN3O5/c1-21-15(17(23)24)12(8-19-21)20-16(22)14-7-6-10(26-14)9-25-13-5-3-2-4-11(13)18/h2-8H,9H2,1H3,(H,20,22)(H,23,24). The third-order valence-corrected chi connectivity index (χ3v) is 3.79. The fraction of sp³-hybridized carbons (Fsp3) is 0.118. The first kappa shape index (κ1) is 17.6. The molecule has 2 N–H and O–H groups in total. The number of ether oxygens (including phenoxy) is 1. The summed E-state index contributed by atoms with van der Waals surface area (Å²) < 4.78 is 12.1. The van der Waals surface area contributed by atoms with Crippen LogP contribution in [-0.2, 0) is 13.7 Å². The first-order chi connectivity index (χ1) is 12.5. The fourth-order valence-electron chi connectivity index (χ4n) is 2.25. The van der Waals surface area contributed by atoms with Gasteiger partial charge in [-0.2, -0.15) is 5.10 Å². The second-order valence-electron chi connectivity index (χ2n) is 5.27. The largest absolute Gasteiger partial charge is 0.484 e. The molecule has 0 aliphatic carbocycles. The molecule has 134 valence electrons. The number of amides is 1. The van der Waals surface area contributed by atoms with Gasteiger partial charge in [0, 0.05) is 7.05 Å². The molecule has 0 aliphatic heterocycles. The smallest absolute Gasteiger partial charge is 0.356 e. The van der Waals surface area contributed by atoms with Gasteiger partial charge in [0.15, 0.2) is 11.5 Å². The Morgan fingerprint density at radius 1 is 1.31 bits per heavy atom. The lowest BCUT2D eigenvalue weighted by molar-refractivity contribution is 0.0686. The van der Waals surface area contributed by atoms with Crippen molar-refractivity contribution < 1.29 is 23.8 Å². The topological polar surface area (TPSA) is 107 Å². The van der Waals surface area contributed by atoms with E-state index in [1.807, 2.05) is 0 Å². The molecule has 0 spiro atoms. The Bertz CT molecular complexity index is 963. The highest BCUT2D eigenvalue weighted by molar-refractivity contribution is 6.32. The molecule has 0 atom stereocenters. The highest BCUT2D eigenvalue weighted by Crippen LogP contribution is 2.24. The summed E-state index contributed by atoms with van der Waals surface area (Å²) in [5.74, 6) is -0.862. The molecule has 2 heterocycles. The minimum Gasteiger partial charge on any atom is -0.484 e. The highest BCUT2D eigenvalue weighted by Gasteiger charge is 2.20. The zero-order valence-electron chi connectivity index (χ0n) is 13.6. The maximum absolute atomic E-state index is 12.2. The summed E-state index contributed by atoms with van der Waals surface area (Å²) in [5, 5.41) is 15.9. The number of halogens is 1. The van der Waals surface area contributed by atoms with Crippen molar-refractivity contribution in [2.45, 2.75) is 6.61 Å². The Morgan fingerprint density at radius 3 is 2.81 bits per heavy atom. The van der Waals surface area contributed by atoms with Crippen LogP contribution in [0, 0.1) is 0 Å². The quantitative estimate of drug-likeness (QED) is 0.685. The normalized spacial score (nSPS) is 10.5. The Morgan fingerprint density at radius 2 is 2.08 bits per heavy atom. The van der Waals surface area contributed by atoms with Gasteiger partial charge in [-0.25, -0.2) is 4.79 Å². The van der Waals surface area contributed by atoms with Gasteiger partial charge < -0.3 is 19.6 Å². The molecule has 0 saturated heterocycles. The number of nitrogens with zero attached hydrogens (tertiary/aromatic N) is 2. The van der Waals surface area contributed by atoms with Crippen LogP contribution in [0.1, 0.15) is 26.8 Å². The molecule has 3 rings (SSSR count). The SMILES string of the molecule is Cn1ncc(NC(=O)c2ccc(COc3ccccc3Cl)o2)c1C(=O)O. The number of benzene rings is 1. The predicted octanol–water partition coefficient (Wildman–Crippen LogP) is 3.20. The molecule has 8 nitrogen and oxygen atoms in total. The van der Waals surface area contributed by atoms with E-state index in [-0.39, 0.29) is 23.7 Å². The van der Waals surface area contributed by atoms with Crippen molar-refractivity contribution in [2.75, 3.05) is 5.32 Å². The number of furan rings is 1. The lowest BCUT2D eigenvalue weighted by Crippen LogP contribution is -2.15. The van der Waals surface area contributed by atoms with Gasteiger partial charge in [0.2, 0.25) is 0 Å². The lowest BCUT2D eigenvalue weighted by Gasteiger charge is -2.05. The molecule has 3 aromatic rings. The fourth-order valence-corrected chi connectivity index (χ4v) is 2.45. The van der Waals surface area contributed by atoms with Crippen molar-refractivity contribution in [3.8, 4) is 5.75 Å². The van der Waals surface area contributed by atoms with E-state index in [1.54, 1.807) is 30.3 Å². The summed E-state index contributed by atoms with van der Waals surface area (Å²) in [6.45, 7) is 0.0876. The van der Waals surface area contributed by atoms with Gasteiger partial charge in [0.25, 0.3) is 5.91 Å². The van der Waals surface area contributed by atoms with E-state index in [0.29, 0.717) is 16.5 Å². The molecule has 0 bridgehead atoms. The summed E-state index contributed by atoms with van der Waals surface area (Å²) in [4.78, 5) is 23.5. The average Bonchev–Trinajstić information content (AvgIpc) is 3.21. The summed E-state index contributed by atoms with van der Waals surface area (Å²) >= 11 is 6.00. The first-order valence-electron chi connectivity index (χ1n) is 7.48. The molecule has 0 fully saturated rings. The van der Waals surface area contributed by atoms with Crippen molar-refractivity contribution in [1.82, 2.24) is 9.78 Å². The monoisotopic (exact) mass is 375 g/mol. The Balaban J connectivity index is 1.67. The summed E-state index contributed by atoms with van der Waals surface area (Å²) in [5.41, 5.74) is -0.0533. The van der Waals surface area contributed by atoms with Crippen LogP contribution < -0.4 is 10.1 Å². The second-order valence-corrected chi connectivity index (χ2v) is 5.68. The predicted molar refractivity (Wildman–Crippen MR) is 92.6 cm³/mol. The lowest BCUT2D eigenvalue weighted by atomic mass is 10.3. The van der Waals surface area contributed by atoms with Crippen molar-refractivity contribution >= 4 is 29.2 Å². The number of hydrogen-bond donors (Lipinski definition) is 2. The van der Waals surface area contributed by atoms with E-state index < -0.39 is 11.9 Å². The van der Waals surface area contributed by atoms with Gasteiger partial charge in [-0.05, 0) is 24.3 Å². The van der Waals surface area contributed by atoms with Gasteiger partial charge in [-0.3, -0.25) is 9.48 Å². The summed E-state index contributed by atoms with van der Waals surface area (Å²) in [7, 11) is 1.47. The van der Waals surface area contributed by atoms with E-state index >= 15 is 0 Å². The van der Waals surface area contributed by atoms with Crippen LogP contribution in [0.4, 0.5) is 5.69 Å². The number of para-hydroxylation sites is 1. The van der Waals surface area contributed by atoms with Crippen molar-refractivity contribution in [2.24, 2.45) is 7.05 Å². The van der Waals surface area contributed by atoms with Crippen LogP contribution in [0.2, 0.25) is 5.02 Å². The van der Waals surface area contributed by atoms with Gasteiger partial charge in [-0.15, -0.1) is 0 Å². The average molecular weight is 376 g/mol. The molecule has 26 heavy (non-hydrogen) atoms. The van der Waals surface area contributed by atoms with Gasteiger partial charge in [0.05, 0.1) is 16.9 Å². The number of carboxylic acids is 1. The highest BCUT2D eigenvalue weighted by atomic mass is 35.5. The molecule has 1 amide bonds. The third-order valence-electron chi connectivity index (χ3n) is 3.48. The maximum atomic E-state index is 12.2. The number of carbonyl (C=O) groups excluding carboxylic acids is 1. The van der Waals surface area contributed by atoms with Crippen LogP contribution in [0.15, 0.2) is 47.0 Å². The zero-order valence-corrected chi connectivity index (χ0v) is 14.4. The minimum absolute atomic E-state index is 0.0166. The molecule has 0 aliphatic rings. The van der Waals surface area contributed by atoms with Crippen LogP contribution in [0.5, 0.6) is 5.75 Å². The molecule has 0 radical (unpaired) electrons. The van der Waals surface area contributed by atoms with E-state index in [4.69, 9.17) is 25.9 Å². The van der Waals surface area contributed by atoms with E-state index in [9.17, 15) is 9.59 Å². The third kappa shape index (κ3) is 3.70. The van der Waals surface area contributed by atoms with E-state index in [2.05, 4.69) is 10.4 Å². The Labute approximate surface area is 152 Å². The Hall–Kier alpha value is -3.26. The van der Waals surface area contributed by atoms with Crippen molar-refractivity contribution in [3.63, 3.8) is 0 Å². The first-order valence-corrected chi connectivity index (χ1v) is 7.86. The van der Waals surface area contributed by atoms with Gasteiger partial charge in [-0.1, -0.05) is 23.7 Å². The maximum Gasteiger partial charge on any atom is 0.356 e. The molecule has 0 saturated carbocycles. The number of aromatic nitrogens is 2. The number of rotatable bonds is 6. The van der Waals surface area contributed by atoms with Gasteiger partial charge in [0.1, 0.15) is 18.1 Å². The van der Waals surface area contributed by atoms with Crippen LogP contribution in [0.25, 0.3) is 0 Å². The minimum atomic E-state index is -1.20. The van der Waals surface area contributed by atoms with Crippen LogP contribution in [0.3, 0.4) is 0 Å². The van der Waals surface area contributed by atoms with E-state index in [1.165, 1.54) is 19.3 Å². The number of aromatic carboxylic acids is 1. The van der Waals surface area contributed by atoms with Crippen LogP contribution in [-0.4, -0.2) is 26.8 Å². The molecule has 9 heteroatoms. The van der Waals surface area contributed by atoms with Gasteiger partial charge >= 0.3 is 5.97 Å². The number of anilines is 1. The molecule has 0 unspecified atom stereocenters.